The second-order valence-electron chi connectivity index (χ2n) is 8.22. The van der Waals surface area contributed by atoms with Crippen LogP contribution in [0.25, 0.3) is 22.0 Å². The number of amides is 2. The maximum absolute atomic E-state index is 13.3. The van der Waals surface area contributed by atoms with Crippen LogP contribution in [0.15, 0.2) is 72.9 Å². The minimum absolute atomic E-state index is 0.182. The first-order valence-corrected chi connectivity index (χ1v) is 11.6. The summed E-state index contributed by atoms with van der Waals surface area (Å²) in [7, 11) is 1.59. The van der Waals surface area contributed by atoms with Gasteiger partial charge in [0, 0.05) is 29.7 Å². The summed E-state index contributed by atoms with van der Waals surface area (Å²) in [5.41, 5.74) is 4.51. The summed E-state index contributed by atoms with van der Waals surface area (Å²) in [6.07, 6.45) is 2.38. The van der Waals surface area contributed by atoms with Crippen LogP contribution in [0.4, 0.5) is 0 Å². The Morgan fingerprint density at radius 2 is 1.80 bits per heavy atom. The van der Waals surface area contributed by atoms with Crippen molar-refractivity contribution in [2.24, 2.45) is 0 Å². The van der Waals surface area contributed by atoms with Gasteiger partial charge in [0.2, 0.25) is 0 Å². The molecule has 4 rings (SSSR count). The van der Waals surface area contributed by atoms with Gasteiger partial charge in [-0.05, 0) is 60.4 Å². The fourth-order valence-electron chi connectivity index (χ4n) is 4.14. The second kappa shape index (κ2) is 10.9. The largest absolute Gasteiger partial charge is 0.493 e. The average Bonchev–Trinajstić information content (AvgIpc) is 3.30. The summed E-state index contributed by atoms with van der Waals surface area (Å²) in [4.78, 5) is 28.6. The number of ether oxygens (including phenoxy) is 1. The summed E-state index contributed by atoms with van der Waals surface area (Å²) < 4.78 is 5.71. The first-order chi connectivity index (χ1) is 17.0. The smallest absolute Gasteiger partial charge is 0.255 e. The zero-order chi connectivity index (χ0) is 24.8. The molecule has 0 bridgehead atoms. The van der Waals surface area contributed by atoms with Crippen molar-refractivity contribution in [1.82, 2.24) is 15.6 Å². The lowest BCUT2D eigenvalue weighted by atomic mass is 9.99. The third-order valence-electron chi connectivity index (χ3n) is 5.91. The topological polar surface area (TPSA) is 103 Å². The van der Waals surface area contributed by atoms with Crippen molar-refractivity contribution in [3.8, 4) is 16.9 Å². The first kappa shape index (κ1) is 24.0. The molecule has 0 aliphatic carbocycles. The molecule has 0 aliphatic heterocycles. The van der Waals surface area contributed by atoms with Gasteiger partial charge in [-0.2, -0.15) is 0 Å². The summed E-state index contributed by atoms with van der Waals surface area (Å²) in [5, 5.41) is 16.7. The van der Waals surface area contributed by atoms with Gasteiger partial charge in [-0.1, -0.05) is 36.4 Å². The highest BCUT2D eigenvalue weighted by atomic mass is 16.5. The fourth-order valence-corrected chi connectivity index (χ4v) is 4.14. The molecule has 7 nitrogen and oxygen atoms in total. The number of rotatable bonds is 9. The number of carbonyl (C=O) groups is 2. The number of hydrogen-bond acceptors (Lipinski definition) is 4. The highest BCUT2D eigenvalue weighted by Gasteiger charge is 2.20. The van der Waals surface area contributed by atoms with Crippen molar-refractivity contribution in [3.63, 3.8) is 0 Å². The second-order valence-corrected chi connectivity index (χ2v) is 8.22. The van der Waals surface area contributed by atoms with Gasteiger partial charge in [0.15, 0.2) is 0 Å². The molecule has 1 atom stereocenters. The molecule has 4 aromatic rings. The molecular formula is C28H29N3O4. The van der Waals surface area contributed by atoms with Crippen LogP contribution < -0.4 is 15.4 Å². The summed E-state index contributed by atoms with van der Waals surface area (Å²) in [5.74, 6) is -0.0598. The van der Waals surface area contributed by atoms with Gasteiger partial charge in [0.25, 0.3) is 11.8 Å². The van der Waals surface area contributed by atoms with E-state index in [0.29, 0.717) is 29.9 Å². The van der Waals surface area contributed by atoms with Crippen LogP contribution >= 0.6 is 0 Å². The number of nitrogens with one attached hydrogen (secondary N) is 3. The molecule has 3 aromatic carbocycles. The maximum Gasteiger partial charge on any atom is 0.255 e. The Kier molecular flexibility index (Phi) is 7.48. The Labute approximate surface area is 204 Å². The summed E-state index contributed by atoms with van der Waals surface area (Å²) in [6.45, 7) is 2.06. The fraction of sp³-hybridized carbons (Fsp3) is 0.214. The first-order valence-electron chi connectivity index (χ1n) is 11.6. The number of aromatic amines is 1. The zero-order valence-electron chi connectivity index (χ0n) is 19.8. The number of aromatic nitrogens is 1. The van der Waals surface area contributed by atoms with Crippen LogP contribution in [0.2, 0.25) is 0 Å². The predicted octanol–water partition coefficient (Wildman–Crippen LogP) is 3.93. The Morgan fingerprint density at radius 1 is 1.00 bits per heavy atom. The van der Waals surface area contributed by atoms with Crippen LogP contribution in [0.1, 0.15) is 33.2 Å². The Morgan fingerprint density at radius 3 is 2.57 bits per heavy atom. The predicted molar refractivity (Wildman–Crippen MR) is 137 cm³/mol. The Bertz CT molecular complexity index is 1350. The molecule has 0 fully saturated rings. The van der Waals surface area contributed by atoms with E-state index >= 15 is 0 Å². The van der Waals surface area contributed by atoms with Crippen LogP contribution in [0, 0.1) is 0 Å². The minimum Gasteiger partial charge on any atom is -0.493 e. The lowest BCUT2D eigenvalue weighted by Crippen LogP contribution is -2.39. The van der Waals surface area contributed by atoms with Crippen LogP contribution in [-0.4, -0.2) is 48.2 Å². The molecule has 0 aliphatic rings. The third kappa shape index (κ3) is 5.36. The highest BCUT2D eigenvalue weighted by molar-refractivity contribution is 5.99. The van der Waals surface area contributed by atoms with Gasteiger partial charge in [-0.25, -0.2) is 0 Å². The molecule has 0 saturated heterocycles. The molecule has 35 heavy (non-hydrogen) atoms. The molecule has 0 unspecified atom stereocenters. The SMILES string of the molecule is CCOc1ccc(-c2cccc(C(=O)NC)c2)cc1C(=O)N[C@@H](CO)Cc1c[nH]c2ccccc12. The molecule has 7 heteroatoms. The van der Waals surface area contributed by atoms with E-state index in [1.54, 1.807) is 37.4 Å². The number of para-hydroxylation sites is 1. The van der Waals surface area contributed by atoms with Gasteiger partial charge >= 0.3 is 0 Å². The number of aliphatic hydroxyl groups excluding tert-OH is 1. The van der Waals surface area contributed by atoms with Crippen molar-refractivity contribution in [2.45, 2.75) is 19.4 Å². The number of fused-ring (bicyclic) bond motifs is 1. The Hall–Kier alpha value is -4.10. The van der Waals surface area contributed by atoms with E-state index in [0.717, 1.165) is 27.6 Å². The molecule has 180 valence electrons. The molecular weight excluding hydrogens is 442 g/mol. The van der Waals surface area contributed by atoms with E-state index in [-0.39, 0.29) is 18.4 Å². The monoisotopic (exact) mass is 471 g/mol. The quantitative estimate of drug-likeness (QED) is 0.297. The van der Waals surface area contributed by atoms with E-state index in [1.807, 2.05) is 49.5 Å². The van der Waals surface area contributed by atoms with Crippen LogP contribution in [0.3, 0.4) is 0 Å². The molecule has 4 N–H and O–H groups in total. The number of H-pyrrole nitrogens is 1. The number of hydrogen-bond donors (Lipinski definition) is 4. The summed E-state index contributed by atoms with van der Waals surface area (Å²) >= 11 is 0. The van der Waals surface area contributed by atoms with Gasteiger partial charge in [0.1, 0.15) is 5.75 Å². The van der Waals surface area contributed by atoms with Crippen molar-refractivity contribution < 1.29 is 19.4 Å². The molecule has 1 heterocycles. The lowest BCUT2D eigenvalue weighted by molar-refractivity contribution is 0.0911. The number of carbonyl (C=O) groups excluding carboxylic acids is 2. The van der Waals surface area contributed by atoms with Crippen molar-refractivity contribution in [2.75, 3.05) is 20.3 Å². The molecule has 0 spiro atoms. The molecule has 2 amide bonds. The van der Waals surface area contributed by atoms with Crippen molar-refractivity contribution in [3.05, 3.63) is 89.6 Å². The van der Waals surface area contributed by atoms with E-state index in [4.69, 9.17) is 4.74 Å². The zero-order valence-corrected chi connectivity index (χ0v) is 19.8. The lowest BCUT2D eigenvalue weighted by Gasteiger charge is -2.18. The van der Waals surface area contributed by atoms with E-state index in [1.165, 1.54) is 0 Å². The minimum atomic E-state index is -0.476. The van der Waals surface area contributed by atoms with Crippen molar-refractivity contribution >= 4 is 22.7 Å². The average molecular weight is 472 g/mol. The van der Waals surface area contributed by atoms with Gasteiger partial charge in [-0.15, -0.1) is 0 Å². The van der Waals surface area contributed by atoms with E-state index < -0.39 is 6.04 Å². The van der Waals surface area contributed by atoms with Crippen LogP contribution in [-0.2, 0) is 6.42 Å². The third-order valence-corrected chi connectivity index (χ3v) is 5.91. The molecule has 0 radical (unpaired) electrons. The highest BCUT2D eigenvalue weighted by Crippen LogP contribution is 2.28. The Balaban J connectivity index is 1.60. The standard InChI is InChI=1S/C28H29N3O4/c1-3-35-26-12-11-19(18-7-6-8-20(13-18)27(33)29-2)15-24(26)28(34)31-22(17-32)14-21-16-30-25-10-5-4-9-23(21)25/h4-13,15-16,22,30,32H,3,14,17H2,1-2H3,(H,29,33)(H,31,34)/t22-/m1/s1. The van der Waals surface area contributed by atoms with Gasteiger partial charge in [0.05, 0.1) is 24.8 Å². The number of benzene rings is 3. The van der Waals surface area contributed by atoms with Crippen molar-refractivity contribution in [1.29, 1.82) is 0 Å². The summed E-state index contributed by atoms with van der Waals surface area (Å²) in [6, 6.07) is 20.0. The van der Waals surface area contributed by atoms with E-state index in [2.05, 4.69) is 15.6 Å². The maximum atomic E-state index is 13.3. The normalized spacial score (nSPS) is 11.7. The molecule has 0 saturated carbocycles. The number of aliphatic hydroxyl groups is 1. The van der Waals surface area contributed by atoms with Crippen LogP contribution in [0.5, 0.6) is 5.75 Å². The van der Waals surface area contributed by atoms with Gasteiger partial charge < -0.3 is 25.5 Å². The van der Waals surface area contributed by atoms with Gasteiger partial charge in [-0.3, -0.25) is 9.59 Å². The van der Waals surface area contributed by atoms with E-state index in [9.17, 15) is 14.7 Å². The molecule has 1 aromatic heterocycles.